The van der Waals surface area contributed by atoms with Crippen molar-refractivity contribution < 1.29 is 9.18 Å². The number of aromatic nitrogens is 2. The summed E-state index contributed by atoms with van der Waals surface area (Å²) in [6.45, 7) is 1.66. The predicted octanol–water partition coefficient (Wildman–Crippen LogP) is 2.87. The Morgan fingerprint density at radius 2 is 2.25 bits per heavy atom. The van der Waals surface area contributed by atoms with E-state index in [4.69, 9.17) is 11.6 Å². The molecule has 2 rings (SSSR count). The number of ketones is 1. The van der Waals surface area contributed by atoms with Crippen LogP contribution in [0.15, 0.2) is 18.2 Å². The van der Waals surface area contributed by atoms with E-state index in [1.807, 2.05) is 0 Å². The normalized spacial score (nSPS) is 10.4. The highest BCUT2D eigenvalue weighted by Crippen LogP contribution is 2.20. The summed E-state index contributed by atoms with van der Waals surface area (Å²) in [5.74, 6) is -1.05. The molecular formula is C10H6ClFN2OS. The van der Waals surface area contributed by atoms with Crippen LogP contribution < -0.4 is 0 Å². The Morgan fingerprint density at radius 1 is 1.50 bits per heavy atom. The van der Waals surface area contributed by atoms with E-state index >= 15 is 0 Å². The van der Waals surface area contributed by atoms with E-state index in [1.165, 1.54) is 12.1 Å². The Kier molecular flexibility index (Phi) is 2.98. The number of carbonyl (C=O) groups is 1. The lowest BCUT2D eigenvalue weighted by molar-refractivity contribution is 0.103. The van der Waals surface area contributed by atoms with Gasteiger partial charge in [-0.05, 0) is 36.7 Å². The maximum absolute atomic E-state index is 13.5. The highest BCUT2D eigenvalue weighted by Gasteiger charge is 2.18. The zero-order valence-electron chi connectivity index (χ0n) is 8.20. The number of aryl methyl sites for hydroxylation is 1. The van der Waals surface area contributed by atoms with E-state index in [-0.39, 0.29) is 10.6 Å². The van der Waals surface area contributed by atoms with Crippen molar-refractivity contribution >= 4 is 28.9 Å². The van der Waals surface area contributed by atoms with Gasteiger partial charge in [0.1, 0.15) is 10.7 Å². The number of halogens is 2. The first-order valence-corrected chi connectivity index (χ1v) is 5.53. The van der Waals surface area contributed by atoms with Crippen LogP contribution in [0, 0.1) is 12.7 Å². The van der Waals surface area contributed by atoms with Crippen LogP contribution in [0.25, 0.3) is 0 Å². The molecule has 0 saturated heterocycles. The molecule has 0 aliphatic carbocycles. The summed E-state index contributed by atoms with van der Waals surface area (Å²) < 4.78 is 17.1. The first-order chi connectivity index (χ1) is 7.59. The molecule has 0 saturated carbocycles. The van der Waals surface area contributed by atoms with E-state index < -0.39 is 11.6 Å². The highest BCUT2D eigenvalue weighted by atomic mass is 35.5. The van der Waals surface area contributed by atoms with Crippen LogP contribution >= 0.6 is 23.1 Å². The van der Waals surface area contributed by atoms with Crippen molar-refractivity contribution in [2.45, 2.75) is 6.92 Å². The van der Waals surface area contributed by atoms with Gasteiger partial charge in [-0.15, -0.1) is 5.10 Å². The SMILES string of the molecule is Cc1nnsc1C(=O)c1ccc(Cl)cc1F. The van der Waals surface area contributed by atoms with E-state index in [0.29, 0.717) is 10.6 Å². The van der Waals surface area contributed by atoms with E-state index in [9.17, 15) is 9.18 Å². The Balaban J connectivity index is 2.46. The van der Waals surface area contributed by atoms with Crippen molar-refractivity contribution in [3.63, 3.8) is 0 Å². The third-order valence-electron chi connectivity index (χ3n) is 2.03. The summed E-state index contributed by atoms with van der Waals surface area (Å²) in [5.41, 5.74) is 0.489. The lowest BCUT2D eigenvalue weighted by atomic mass is 10.1. The molecular weight excluding hydrogens is 251 g/mol. The molecule has 6 heteroatoms. The molecule has 3 nitrogen and oxygen atoms in total. The fourth-order valence-electron chi connectivity index (χ4n) is 1.24. The standard InChI is InChI=1S/C10H6ClFN2OS/c1-5-10(16-14-13-5)9(15)7-3-2-6(11)4-8(7)12/h2-4H,1H3. The molecule has 0 fully saturated rings. The molecule has 1 aromatic heterocycles. The van der Waals surface area contributed by atoms with Crippen molar-refractivity contribution in [3.8, 4) is 0 Å². The summed E-state index contributed by atoms with van der Waals surface area (Å²) in [5, 5.41) is 3.97. The smallest absolute Gasteiger partial charge is 0.209 e. The fraction of sp³-hybridized carbons (Fsp3) is 0.100. The van der Waals surface area contributed by atoms with Crippen molar-refractivity contribution in [3.05, 3.63) is 45.2 Å². The van der Waals surface area contributed by atoms with Crippen molar-refractivity contribution in [2.75, 3.05) is 0 Å². The quantitative estimate of drug-likeness (QED) is 0.776. The van der Waals surface area contributed by atoms with Crippen LogP contribution in [0.4, 0.5) is 4.39 Å². The minimum Gasteiger partial charge on any atom is -0.287 e. The Labute approximate surface area is 100 Å². The van der Waals surface area contributed by atoms with Crippen LogP contribution in [-0.2, 0) is 0 Å². The fourth-order valence-corrected chi connectivity index (χ4v) is 2.01. The van der Waals surface area contributed by atoms with Gasteiger partial charge >= 0.3 is 0 Å². The number of rotatable bonds is 2. The Hall–Kier alpha value is -1.33. The molecule has 82 valence electrons. The molecule has 1 aromatic carbocycles. The molecule has 0 atom stereocenters. The first kappa shape index (κ1) is 11.2. The molecule has 0 spiro atoms. The van der Waals surface area contributed by atoms with Gasteiger partial charge in [0, 0.05) is 5.02 Å². The van der Waals surface area contributed by atoms with E-state index in [1.54, 1.807) is 6.92 Å². The summed E-state index contributed by atoms with van der Waals surface area (Å²) in [7, 11) is 0. The average Bonchev–Trinajstić information content (AvgIpc) is 2.63. The van der Waals surface area contributed by atoms with Gasteiger partial charge in [0.05, 0.1) is 11.3 Å². The zero-order valence-corrected chi connectivity index (χ0v) is 9.77. The lowest BCUT2D eigenvalue weighted by Gasteiger charge is -2.00. The van der Waals surface area contributed by atoms with Crippen LogP contribution in [-0.4, -0.2) is 15.4 Å². The van der Waals surface area contributed by atoms with Crippen LogP contribution in [0.2, 0.25) is 5.02 Å². The molecule has 0 amide bonds. The van der Waals surface area contributed by atoms with Gasteiger partial charge in [-0.1, -0.05) is 16.1 Å². The van der Waals surface area contributed by atoms with Gasteiger partial charge in [0.2, 0.25) is 5.78 Å². The molecule has 2 aromatic rings. The minimum atomic E-state index is -0.634. The average molecular weight is 257 g/mol. The molecule has 0 aliphatic heterocycles. The third-order valence-corrected chi connectivity index (χ3v) is 3.10. The monoisotopic (exact) mass is 256 g/mol. The topological polar surface area (TPSA) is 42.9 Å². The van der Waals surface area contributed by atoms with Gasteiger partial charge in [-0.2, -0.15) is 0 Å². The van der Waals surface area contributed by atoms with Gasteiger partial charge in [0.25, 0.3) is 0 Å². The summed E-state index contributed by atoms with van der Waals surface area (Å²) in [6.07, 6.45) is 0. The minimum absolute atomic E-state index is 0.0152. The summed E-state index contributed by atoms with van der Waals surface area (Å²) >= 11 is 6.56. The maximum atomic E-state index is 13.5. The van der Waals surface area contributed by atoms with Crippen molar-refractivity contribution in [1.82, 2.24) is 9.59 Å². The van der Waals surface area contributed by atoms with Crippen molar-refractivity contribution in [2.24, 2.45) is 0 Å². The predicted molar refractivity (Wildman–Crippen MR) is 59.5 cm³/mol. The number of hydrogen-bond donors (Lipinski definition) is 0. The van der Waals surface area contributed by atoms with E-state index in [2.05, 4.69) is 9.59 Å². The number of hydrogen-bond acceptors (Lipinski definition) is 4. The highest BCUT2D eigenvalue weighted by molar-refractivity contribution is 7.08. The summed E-state index contributed by atoms with van der Waals surface area (Å²) in [6, 6.07) is 3.94. The van der Waals surface area contributed by atoms with Gasteiger partial charge in [-0.3, -0.25) is 4.79 Å². The molecule has 0 bridgehead atoms. The lowest BCUT2D eigenvalue weighted by Crippen LogP contribution is -2.03. The molecule has 0 radical (unpaired) electrons. The number of carbonyl (C=O) groups excluding carboxylic acids is 1. The second kappa shape index (κ2) is 4.27. The molecule has 0 aliphatic rings. The Morgan fingerprint density at radius 3 is 2.81 bits per heavy atom. The molecule has 0 unspecified atom stereocenters. The van der Waals surface area contributed by atoms with Gasteiger partial charge in [0.15, 0.2) is 0 Å². The zero-order chi connectivity index (χ0) is 11.7. The molecule has 1 heterocycles. The first-order valence-electron chi connectivity index (χ1n) is 4.38. The summed E-state index contributed by atoms with van der Waals surface area (Å²) in [4.78, 5) is 12.3. The second-order valence-electron chi connectivity index (χ2n) is 3.14. The largest absolute Gasteiger partial charge is 0.287 e. The maximum Gasteiger partial charge on any atom is 0.209 e. The molecule has 0 N–H and O–H groups in total. The van der Waals surface area contributed by atoms with Crippen LogP contribution in [0.3, 0.4) is 0 Å². The second-order valence-corrected chi connectivity index (χ2v) is 4.33. The van der Waals surface area contributed by atoms with Gasteiger partial charge < -0.3 is 0 Å². The molecule has 16 heavy (non-hydrogen) atoms. The Bertz CT molecular complexity index is 556. The van der Waals surface area contributed by atoms with Crippen LogP contribution in [0.5, 0.6) is 0 Å². The third kappa shape index (κ3) is 1.96. The van der Waals surface area contributed by atoms with Gasteiger partial charge in [-0.25, -0.2) is 4.39 Å². The number of benzene rings is 1. The number of nitrogens with zero attached hydrogens (tertiary/aromatic N) is 2. The van der Waals surface area contributed by atoms with E-state index in [0.717, 1.165) is 17.6 Å². The van der Waals surface area contributed by atoms with Crippen LogP contribution in [0.1, 0.15) is 20.9 Å². The van der Waals surface area contributed by atoms with Crippen molar-refractivity contribution in [1.29, 1.82) is 0 Å².